The first-order valence-electron chi connectivity index (χ1n) is 18.3. The minimum Gasteiger partial charge on any atom is -0.356 e. The Morgan fingerprint density at radius 1 is 0.957 bits per heavy atom. The molecule has 0 N–H and O–H groups in total. The van der Waals surface area contributed by atoms with Gasteiger partial charge in [-0.05, 0) is 93.6 Å². The Morgan fingerprint density at radius 3 is 2.35 bits per heavy atom. The van der Waals surface area contributed by atoms with Gasteiger partial charge < -0.3 is 14.7 Å². The maximum Gasteiger partial charge on any atom is 0.229 e. The number of allylic oxidation sites excluding steroid dienone is 6. The summed E-state index contributed by atoms with van der Waals surface area (Å²) in [6, 6.07) is 2.21. The third-order valence-corrected chi connectivity index (χ3v) is 13.2. The highest BCUT2D eigenvalue weighted by atomic mass is 16.1. The van der Waals surface area contributed by atoms with E-state index < -0.39 is 0 Å². The molecule has 0 radical (unpaired) electrons. The smallest absolute Gasteiger partial charge is 0.229 e. The molecule has 5 fully saturated rings. The molecule has 4 aliphatic carbocycles. The zero-order chi connectivity index (χ0) is 31.6. The highest BCUT2D eigenvalue weighted by Gasteiger charge is 2.59. The largest absolute Gasteiger partial charge is 0.356 e. The number of piperazine rings is 1. The Balaban J connectivity index is 0.947. The summed E-state index contributed by atoms with van der Waals surface area (Å²) in [5, 5.41) is 0. The molecule has 4 heterocycles. The van der Waals surface area contributed by atoms with Gasteiger partial charge in [-0.25, -0.2) is 0 Å². The quantitative estimate of drug-likeness (QED) is 0.386. The molecule has 8 heteroatoms. The van der Waals surface area contributed by atoms with E-state index in [-0.39, 0.29) is 22.5 Å². The van der Waals surface area contributed by atoms with E-state index >= 15 is 0 Å². The summed E-state index contributed by atoms with van der Waals surface area (Å²) < 4.78 is 0. The number of rotatable bonds is 6. The monoisotopic (exact) mass is 626 g/mol. The van der Waals surface area contributed by atoms with Crippen LogP contribution in [0, 0.1) is 34.5 Å². The van der Waals surface area contributed by atoms with Crippen LogP contribution in [0.5, 0.6) is 0 Å². The highest BCUT2D eigenvalue weighted by molar-refractivity contribution is 6.01. The van der Waals surface area contributed by atoms with E-state index in [4.69, 9.17) is 9.97 Å². The summed E-state index contributed by atoms with van der Waals surface area (Å²) in [6.45, 7) is 15.4. The molecule has 8 nitrogen and oxygen atoms in total. The zero-order valence-corrected chi connectivity index (χ0v) is 28.2. The van der Waals surface area contributed by atoms with Gasteiger partial charge in [0.2, 0.25) is 5.95 Å². The fraction of sp³-hybridized carbons (Fsp3) is 0.684. The molecule has 6 atom stereocenters. The van der Waals surface area contributed by atoms with Crippen molar-refractivity contribution >= 4 is 29.2 Å². The van der Waals surface area contributed by atoms with Gasteiger partial charge >= 0.3 is 0 Å². The van der Waals surface area contributed by atoms with Crippen molar-refractivity contribution in [2.24, 2.45) is 34.5 Å². The van der Waals surface area contributed by atoms with Crippen LogP contribution in [0.2, 0.25) is 0 Å². The van der Waals surface area contributed by atoms with Gasteiger partial charge in [-0.1, -0.05) is 37.1 Å². The molecule has 246 valence electrons. The van der Waals surface area contributed by atoms with Gasteiger partial charge in [0, 0.05) is 69.8 Å². The predicted molar refractivity (Wildman–Crippen MR) is 183 cm³/mol. The zero-order valence-electron chi connectivity index (χ0n) is 28.2. The summed E-state index contributed by atoms with van der Waals surface area (Å²) in [7, 11) is 0. The second-order valence-electron chi connectivity index (χ2n) is 15.9. The fourth-order valence-corrected chi connectivity index (χ4v) is 10.8. The SMILES string of the molecule is C[C@@H]1C[C@H]2[C@@H]3CCC4=CC(=O)C=C[C@]4(C)C3=CC[C@]2(C)[C@H]1C(=O)CN1CCN(c2cc(N3CCCC3)[14n][14c](N3CCCC3)[14n]2)CC1. The molecular weight excluding hydrogens is 574 g/mol. The van der Waals surface area contributed by atoms with Crippen molar-refractivity contribution in [3.63, 3.8) is 0 Å². The third kappa shape index (κ3) is 5.05. The van der Waals surface area contributed by atoms with Crippen molar-refractivity contribution in [2.75, 3.05) is 73.6 Å². The summed E-state index contributed by atoms with van der Waals surface area (Å²) in [4.78, 5) is 46.1. The highest BCUT2D eigenvalue weighted by Crippen LogP contribution is 2.65. The molecule has 1 aromatic rings. The lowest BCUT2D eigenvalue weighted by atomic mass is 9.52. The first-order valence-corrected chi connectivity index (χ1v) is 18.3. The van der Waals surface area contributed by atoms with Crippen molar-refractivity contribution in [1.82, 2.24) is 14.9 Å². The van der Waals surface area contributed by atoms with E-state index in [1.54, 1.807) is 6.08 Å². The summed E-state index contributed by atoms with van der Waals surface area (Å²) in [5.74, 6) is 5.14. The van der Waals surface area contributed by atoms with E-state index in [9.17, 15) is 9.59 Å². The van der Waals surface area contributed by atoms with Gasteiger partial charge in [-0.2, -0.15) is 9.97 Å². The number of ketones is 2. The Labute approximate surface area is 275 Å². The van der Waals surface area contributed by atoms with E-state index in [2.05, 4.69) is 58.6 Å². The van der Waals surface area contributed by atoms with Crippen LogP contribution in [0.15, 0.2) is 41.5 Å². The van der Waals surface area contributed by atoms with Crippen molar-refractivity contribution in [3.8, 4) is 0 Å². The topological polar surface area (TPSA) is 72.9 Å². The molecule has 0 spiro atoms. The number of hydrogen-bond acceptors (Lipinski definition) is 8. The number of nitrogens with zero attached hydrogens (tertiary/aromatic N) is 6. The standard InChI is InChI=1S/C38H52N6O2/c1-26-22-31-29-9-8-27-23-28(45)10-12-37(27,2)30(29)11-13-38(31,3)35(26)32(46)25-41-18-20-43(21-19-41)34-24-33(42-14-4-5-15-42)39-36(40-34)44-16-6-7-17-44/h10-12,23-24,26,29,31,35H,4-9,13-22,25H2,1-3H3/t26-,29-,31+,35-,37+,38+/m1/s1/i36+2,39+0,40+0. The molecule has 0 amide bonds. The molecule has 3 saturated heterocycles. The second-order valence-corrected chi connectivity index (χ2v) is 15.9. The van der Waals surface area contributed by atoms with E-state index in [1.807, 2.05) is 6.08 Å². The lowest BCUT2D eigenvalue weighted by Crippen LogP contribution is -2.51. The number of carbonyl (C=O) groups excluding carboxylic acids is 2. The maximum atomic E-state index is 14.2. The molecule has 0 aromatic carbocycles. The van der Waals surface area contributed by atoms with Crippen LogP contribution in [0.1, 0.15) is 72.1 Å². The molecule has 0 unspecified atom stereocenters. The van der Waals surface area contributed by atoms with Gasteiger partial charge in [0.05, 0.1) is 6.54 Å². The Kier molecular flexibility index (Phi) is 7.65. The summed E-state index contributed by atoms with van der Waals surface area (Å²) >= 11 is 0. The second kappa shape index (κ2) is 11.6. The molecule has 46 heavy (non-hydrogen) atoms. The van der Waals surface area contributed by atoms with Gasteiger partial charge in [0.1, 0.15) is 11.6 Å². The van der Waals surface area contributed by atoms with Crippen LogP contribution in [0.4, 0.5) is 17.6 Å². The number of Topliss-reactive ketones (excluding diaryl/α,β-unsaturated/α-hetero) is 1. The first kappa shape index (κ1) is 30.3. The number of carbonyl (C=O) groups is 2. The number of fused-ring (bicyclic) bond motifs is 5. The average molecular weight is 627 g/mol. The van der Waals surface area contributed by atoms with Crippen LogP contribution in [0.25, 0.3) is 0 Å². The van der Waals surface area contributed by atoms with Crippen LogP contribution in [-0.4, -0.2) is 85.3 Å². The number of aromatic nitrogens is 2. The molecule has 3 aliphatic heterocycles. The lowest BCUT2D eigenvalue weighted by molar-refractivity contribution is -0.129. The van der Waals surface area contributed by atoms with Crippen LogP contribution in [0.3, 0.4) is 0 Å². The summed E-state index contributed by atoms with van der Waals surface area (Å²) in [5.41, 5.74) is 2.68. The minimum absolute atomic E-state index is 0.0111. The van der Waals surface area contributed by atoms with Crippen molar-refractivity contribution in [3.05, 3.63) is 41.5 Å². The predicted octanol–water partition coefficient (Wildman–Crippen LogP) is 5.46. The molecule has 0 bridgehead atoms. The van der Waals surface area contributed by atoms with Crippen molar-refractivity contribution in [1.29, 1.82) is 0 Å². The molecule has 8 rings (SSSR count). The molecule has 2 saturated carbocycles. The number of hydrogen-bond donors (Lipinski definition) is 0. The molecule has 1 aromatic heterocycles. The Bertz CT molecular complexity index is 1450. The summed E-state index contributed by atoms with van der Waals surface area (Å²) in [6.07, 6.45) is 17.4. The first-order chi connectivity index (χ1) is 22.2. The lowest BCUT2D eigenvalue weighted by Gasteiger charge is -2.52. The minimum atomic E-state index is -0.128. The van der Waals surface area contributed by atoms with Gasteiger partial charge in [0.25, 0.3) is 0 Å². The maximum absolute atomic E-state index is 14.2. The van der Waals surface area contributed by atoms with E-state index in [1.165, 1.54) is 36.8 Å². The third-order valence-electron chi connectivity index (χ3n) is 13.2. The van der Waals surface area contributed by atoms with Crippen LogP contribution < -0.4 is 14.7 Å². The van der Waals surface area contributed by atoms with Crippen molar-refractivity contribution < 1.29 is 9.59 Å². The number of anilines is 3. The van der Waals surface area contributed by atoms with Crippen molar-refractivity contribution in [2.45, 2.75) is 72.1 Å². The van der Waals surface area contributed by atoms with E-state index in [0.29, 0.717) is 30.1 Å². The van der Waals surface area contributed by atoms with Crippen LogP contribution >= 0.6 is 0 Å². The Morgan fingerprint density at radius 2 is 1.63 bits per heavy atom. The van der Waals surface area contributed by atoms with Gasteiger partial charge in [-0.15, -0.1) is 0 Å². The van der Waals surface area contributed by atoms with Crippen LogP contribution in [-0.2, 0) is 9.59 Å². The fourth-order valence-electron chi connectivity index (χ4n) is 10.8. The normalized spacial score (nSPS) is 36.0. The molecular formula is C38H52N6O2. The van der Waals surface area contributed by atoms with Gasteiger partial charge in [0.15, 0.2) is 11.6 Å². The van der Waals surface area contributed by atoms with E-state index in [0.717, 1.165) is 95.6 Å². The molecule has 7 aliphatic rings. The van der Waals surface area contributed by atoms with Gasteiger partial charge in [-0.3, -0.25) is 14.5 Å². The Hall–Kier alpha value is -3.00. The average Bonchev–Trinajstić information content (AvgIpc) is 3.83.